The first kappa shape index (κ1) is 68.5. The molecule has 0 aromatic heterocycles. The third-order valence-electron chi connectivity index (χ3n) is 4.80. The van der Waals surface area contributed by atoms with Gasteiger partial charge in [0.25, 0.3) is 0 Å². The molecule has 7 N–H and O–H groups in total. The van der Waals surface area contributed by atoms with Crippen molar-refractivity contribution in [1.29, 1.82) is 10.8 Å². The molecule has 0 aliphatic carbocycles. The molecule has 2 aromatic rings. The van der Waals surface area contributed by atoms with Gasteiger partial charge in [0.1, 0.15) is 11.7 Å². The molecular formula is C37H52Ar2N6O4Y2. The van der Waals surface area contributed by atoms with Crippen molar-refractivity contribution < 1.29 is 160 Å². The van der Waals surface area contributed by atoms with Gasteiger partial charge < -0.3 is 83.0 Å². The Labute approximate surface area is 418 Å². The van der Waals surface area contributed by atoms with E-state index in [1.807, 2.05) is 27.7 Å². The van der Waals surface area contributed by atoms with E-state index in [1.54, 1.807) is 69.3 Å². The standard InChI is InChI=1S/C16H17N3O3.C13H13N3O.2C2H6.2C2H5.2Ar.2Y/c1-4-11(3)15(20)18-10-12-6-8-13(9-7-12)14(17)19-16(21)22-5-2;1-3-9(2)13(17)16-8-10-4-6-11(7-5-10)12(14)15;4*1-2;;;;/h1,3-4,6-9H,5,10H2,2H3,(H,18,20)(H2,17,19,21);1-7H,8H2,(H3,14,15)(H,16,17);2*1-2H3;2*1H2,2H3;;;;/q2*-2;;;2*-1;;;2*+3. The smallest absolute Gasteiger partial charge is 0.450 e. The number of carbonyl (C=O) groups excluding carboxylic acids is 3. The summed E-state index contributed by atoms with van der Waals surface area (Å²) >= 11 is 0. The molecule has 10 nitrogen and oxygen atoms in total. The van der Waals surface area contributed by atoms with Crippen LogP contribution in [0.2, 0.25) is 0 Å². The molecule has 0 radical (unpaired) electrons. The predicted octanol–water partition coefficient (Wildman–Crippen LogP) is 6.39. The average molecular weight is 903 g/mol. The maximum atomic E-state index is 11.4. The molecule has 3 amide bonds. The molecule has 0 bridgehead atoms. The molecule has 0 saturated carbocycles. The van der Waals surface area contributed by atoms with Crippen molar-refractivity contribution >= 4 is 29.6 Å². The molecule has 276 valence electrons. The van der Waals surface area contributed by atoms with Crippen molar-refractivity contribution in [1.82, 2.24) is 16.0 Å². The minimum absolute atomic E-state index is 0. The van der Waals surface area contributed by atoms with E-state index in [1.165, 1.54) is 0 Å². The molecule has 51 heavy (non-hydrogen) atoms. The summed E-state index contributed by atoms with van der Waals surface area (Å²) in [4.78, 5) is 33.9. The molecule has 0 atom stereocenters. The van der Waals surface area contributed by atoms with Crippen molar-refractivity contribution in [3.05, 3.63) is 134 Å². The van der Waals surface area contributed by atoms with Crippen LogP contribution < -0.4 is 21.7 Å². The van der Waals surface area contributed by atoms with Gasteiger partial charge in [0.15, 0.2) is 0 Å². The Morgan fingerprint density at radius 3 is 1.31 bits per heavy atom. The molecule has 0 saturated heterocycles. The third-order valence-corrected chi connectivity index (χ3v) is 4.80. The largest absolute Gasteiger partial charge is 3.00 e. The Hall–Kier alpha value is -0.523. The van der Waals surface area contributed by atoms with Crippen LogP contribution in [0.3, 0.4) is 0 Å². The van der Waals surface area contributed by atoms with Gasteiger partial charge in [-0.15, -0.1) is 0 Å². The van der Waals surface area contributed by atoms with E-state index in [-0.39, 0.29) is 177 Å². The van der Waals surface area contributed by atoms with Gasteiger partial charge in [0, 0.05) is 99.7 Å². The van der Waals surface area contributed by atoms with E-state index >= 15 is 0 Å². The van der Waals surface area contributed by atoms with E-state index in [0.29, 0.717) is 17.7 Å². The predicted molar refractivity (Wildman–Crippen MR) is 193 cm³/mol. The van der Waals surface area contributed by atoms with Crippen LogP contribution in [-0.4, -0.2) is 36.2 Å². The Kier molecular flexibility index (Phi) is 63.8. The fraction of sp³-hybridized carbons (Fsp3) is 0.270. The number of nitrogens with one attached hydrogen (secondary N) is 5. The molecule has 14 heteroatoms. The minimum Gasteiger partial charge on any atom is -0.450 e. The SMILES string of the molecule is CC.CC.[Ar].[Ar].[CH-]=CC(=[CH-])C(=O)NCc1ccc(C(=N)N)cc1.[CH-]=CC(=[CH-])C(=O)NCc1ccc(C(=N)NC(=O)OCC)cc1.[CH2-]C.[CH2-]C.[Y+3].[Y+3]. The molecule has 2 aromatic carbocycles. The molecule has 0 spiro atoms. The van der Waals surface area contributed by atoms with Crippen LogP contribution in [0.4, 0.5) is 4.79 Å². The van der Waals surface area contributed by atoms with Crippen molar-refractivity contribution in [3.63, 3.8) is 0 Å². The van der Waals surface area contributed by atoms with Gasteiger partial charge >= 0.3 is 71.5 Å². The average Bonchev–Trinajstić information content (AvgIpc) is 3.12. The number of amides is 3. The summed E-state index contributed by atoms with van der Waals surface area (Å²) in [5.74, 6) is -0.924. The molecule has 0 aliphatic rings. The van der Waals surface area contributed by atoms with Crippen molar-refractivity contribution in [2.45, 2.75) is 61.6 Å². The van der Waals surface area contributed by atoms with Crippen molar-refractivity contribution in [2.24, 2.45) is 5.73 Å². The number of carbonyl (C=O) groups is 3. The summed E-state index contributed by atoms with van der Waals surface area (Å²) < 4.78 is 4.69. The molecular weight excluding hydrogens is 850 g/mol. The molecule has 0 fully saturated rings. The van der Waals surface area contributed by atoms with Gasteiger partial charge in [0.2, 0.25) is 0 Å². The number of alkyl carbamates (subject to hydrolysis) is 1. The van der Waals surface area contributed by atoms with Crippen molar-refractivity contribution in [2.75, 3.05) is 6.61 Å². The zero-order chi connectivity index (χ0) is 37.4. The summed E-state index contributed by atoms with van der Waals surface area (Å²) in [5, 5.41) is 22.5. The Bertz CT molecular complexity index is 1270. The van der Waals surface area contributed by atoms with Crippen LogP contribution in [0, 0.1) is 126 Å². The summed E-state index contributed by atoms with van der Waals surface area (Å²) in [7, 11) is 0. The van der Waals surface area contributed by atoms with E-state index in [2.05, 4.69) is 34.5 Å². The second-order valence-electron chi connectivity index (χ2n) is 7.64. The zero-order valence-corrected chi connectivity index (χ0v) is 37.8. The number of nitrogen functional groups attached to an aromatic ring is 1. The summed E-state index contributed by atoms with van der Waals surface area (Å²) in [6.45, 7) is 41.5. The number of amidine groups is 2. The monoisotopic (exact) mass is 902 g/mol. The van der Waals surface area contributed by atoms with Crippen LogP contribution in [0.25, 0.3) is 0 Å². The minimum atomic E-state index is -0.673. The first-order valence-electron chi connectivity index (χ1n) is 14.9. The fourth-order valence-electron chi connectivity index (χ4n) is 2.65. The van der Waals surface area contributed by atoms with Crippen LogP contribution in [-0.2, 0) is 92.8 Å². The van der Waals surface area contributed by atoms with Gasteiger partial charge in [-0.05, 0) is 18.1 Å². The number of hydrogen-bond donors (Lipinski definition) is 6. The Balaban J connectivity index is -0.0000000961. The number of hydrogen-bond acceptors (Lipinski definition) is 6. The maximum absolute atomic E-state index is 11.4. The topological polar surface area (TPSA) is 170 Å². The number of rotatable bonds is 11. The first-order chi connectivity index (χ1) is 22.5. The quantitative estimate of drug-likeness (QED) is 0.0505. The summed E-state index contributed by atoms with van der Waals surface area (Å²) in [6, 6.07) is 13.7. The van der Waals surface area contributed by atoms with Crippen LogP contribution in [0.15, 0.2) is 71.8 Å². The van der Waals surface area contributed by atoms with Gasteiger partial charge in [-0.2, -0.15) is 13.8 Å². The number of ether oxygens (including phenoxy) is 1. The van der Waals surface area contributed by atoms with E-state index < -0.39 is 17.9 Å². The Morgan fingerprint density at radius 2 is 1.04 bits per heavy atom. The first-order valence-corrected chi connectivity index (χ1v) is 14.9. The molecule has 0 unspecified atom stereocenters. The normalized spacial score (nSPS) is 7.71. The van der Waals surface area contributed by atoms with Crippen molar-refractivity contribution in [3.8, 4) is 0 Å². The van der Waals surface area contributed by atoms with Gasteiger partial charge in [-0.25, -0.2) is 4.79 Å². The second-order valence-corrected chi connectivity index (χ2v) is 7.64. The zero-order valence-electron chi connectivity index (χ0n) is 30.7. The second kappa shape index (κ2) is 47.5. The van der Waals surface area contributed by atoms with Crippen LogP contribution >= 0.6 is 0 Å². The molecule has 0 aliphatic heterocycles. The van der Waals surface area contributed by atoms with Crippen LogP contribution in [0.5, 0.6) is 0 Å². The molecule has 2 rings (SSSR count). The number of benzene rings is 2. The number of nitrogens with two attached hydrogens (primary N) is 1. The van der Waals surface area contributed by atoms with E-state index in [4.69, 9.17) is 42.9 Å². The van der Waals surface area contributed by atoms with Gasteiger partial charge in [-0.1, -0.05) is 76.2 Å². The van der Waals surface area contributed by atoms with Gasteiger partial charge in [0.05, 0.1) is 18.4 Å². The van der Waals surface area contributed by atoms with Crippen LogP contribution in [0.1, 0.15) is 70.7 Å². The summed E-state index contributed by atoms with van der Waals surface area (Å²) in [5.41, 5.74) is 8.09. The summed E-state index contributed by atoms with van der Waals surface area (Å²) in [6.07, 6.45) is 1.41. The van der Waals surface area contributed by atoms with E-state index in [9.17, 15) is 14.4 Å². The third kappa shape index (κ3) is 35.0. The fourth-order valence-corrected chi connectivity index (χ4v) is 2.65. The Morgan fingerprint density at radius 1 is 0.725 bits per heavy atom. The van der Waals surface area contributed by atoms with E-state index in [0.717, 1.165) is 23.3 Å². The van der Waals surface area contributed by atoms with Gasteiger partial charge in [-0.3, -0.25) is 27.3 Å². The maximum Gasteiger partial charge on any atom is 3.00 e. The molecule has 0 heterocycles.